The average Bonchev–Trinajstić information content (AvgIpc) is 2.64. The zero-order chi connectivity index (χ0) is 20.5. The maximum absolute atomic E-state index is 13.2. The van der Waals surface area contributed by atoms with Gasteiger partial charge in [-0.25, -0.2) is 13.4 Å². The van der Waals surface area contributed by atoms with E-state index in [2.05, 4.69) is 15.3 Å². The van der Waals surface area contributed by atoms with E-state index in [9.17, 15) is 8.42 Å². The van der Waals surface area contributed by atoms with E-state index in [1.165, 1.54) is 0 Å². The molecule has 0 aliphatic carbocycles. The summed E-state index contributed by atoms with van der Waals surface area (Å²) < 4.78 is 27.9. The molecule has 1 N–H and O–H groups in total. The minimum Gasteiger partial charge on any atom is -0.370 e. The van der Waals surface area contributed by atoms with Crippen molar-refractivity contribution in [3.8, 4) is 0 Å². The van der Waals surface area contributed by atoms with Gasteiger partial charge in [-0.1, -0.05) is 6.07 Å². The van der Waals surface area contributed by atoms with Crippen molar-refractivity contribution in [3.63, 3.8) is 0 Å². The lowest BCUT2D eigenvalue weighted by Gasteiger charge is -2.34. The predicted octanol–water partition coefficient (Wildman–Crippen LogP) is 2.65. The highest BCUT2D eigenvalue weighted by atomic mass is 32.2. The first kappa shape index (κ1) is 20.5. The molecule has 1 aromatic heterocycles. The van der Waals surface area contributed by atoms with Crippen LogP contribution in [0.1, 0.15) is 29.3 Å². The number of hydrogen-bond donors (Lipinski definition) is 1. The molecule has 3 rings (SSSR count). The second kappa shape index (κ2) is 8.05. The summed E-state index contributed by atoms with van der Waals surface area (Å²) in [6.07, 6.45) is 0. The molecule has 0 saturated carbocycles. The van der Waals surface area contributed by atoms with Crippen molar-refractivity contribution in [3.05, 3.63) is 40.6 Å². The van der Waals surface area contributed by atoms with E-state index < -0.39 is 10.0 Å². The van der Waals surface area contributed by atoms with Crippen LogP contribution >= 0.6 is 0 Å². The van der Waals surface area contributed by atoms with Crippen molar-refractivity contribution in [1.29, 1.82) is 0 Å². The number of nitrogens with zero attached hydrogens (tertiary/aromatic N) is 4. The molecule has 0 amide bonds. The highest BCUT2D eigenvalue weighted by molar-refractivity contribution is 7.89. The van der Waals surface area contributed by atoms with Crippen LogP contribution in [-0.4, -0.2) is 55.4 Å². The number of aryl methyl sites for hydroxylation is 4. The maximum Gasteiger partial charge on any atom is 0.243 e. The van der Waals surface area contributed by atoms with Crippen LogP contribution in [0, 0.1) is 27.7 Å². The molecule has 2 aromatic rings. The highest BCUT2D eigenvalue weighted by Gasteiger charge is 2.30. The third kappa shape index (κ3) is 4.12. The van der Waals surface area contributed by atoms with Crippen LogP contribution in [0.25, 0.3) is 0 Å². The van der Waals surface area contributed by atoms with Crippen molar-refractivity contribution >= 4 is 21.8 Å². The molecule has 7 nitrogen and oxygen atoms in total. The van der Waals surface area contributed by atoms with E-state index in [4.69, 9.17) is 0 Å². The van der Waals surface area contributed by atoms with Crippen molar-refractivity contribution in [2.24, 2.45) is 0 Å². The number of anilines is 2. The number of aromatic nitrogens is 2. The largest absolute Gasteiger partial charge is 0.370 e. The Morgan fingerprint density at radius 2 is 1.57 bits per heavy atom. The maximum atomic E-state index is 13.2. The molecule has 1 aliphatic heterocycles. The summed E-state index contributed by atoms with van der Waals surface area (Å²) in [6.45, 7) is 12.5. The second-order valence-corrected chi connectivity index (χ2v) is 9.22. The van der Waals surface area contributed by atoms with E-state index in [-0.39, 0.29) is 0 Å². The Bertz CT molecular complexity index is 967. The molecule has 0 atom stereocenters. The van der Waals surface area contributed by atoms with Gasteiger partial charge in [0.15, 0.2) is 0 Å². The molecule has 0 spiro atoms. The Balaban J connectivity index is 1.77. The quantitative estimate of drug-likeness (QED) is 0.827. The average molecular weight is 404 g/mol. The summed E-state index contributed by atoms with van der Waals surface area (Å²) in [5.74, 6) is 1.45. The molecule has 1 aromatic carbocycles. The fourth-order valence-electron chi connectivity index (χ4n) is 3.45. The van der Waals surface area contributed by atoms with Crippen molar-refractivity contribution < 1.29 is 8.42 Å². The predicted molar refractivity (Wildman–Crippen MR) is 113 cm³/mol. The lowest BCUT2D eigenvalue weighted by Crippen LogP contribution is -2.49. The van der Waals surface area contributed by atoms with E-state index >= 15 is 0 Å². The molecule has 0 radical (unpaired) electrons. The minimum atomic E-state index is -3.51. The Labute approximate surface area is 167 Å². The van der Waals surface area contributed by atoms with Crippen LogP contribution in [0.2, 0.25) is 0 Å². The van der Waals surface area contributed by atoms with Gasteiger partial charge in [-0.15, -0.1) is 0 Å². The van der Waals surface area contributed by atoms with E-state index in [0.717, 1.165) is 34.7 Å². The van der Waals surface area contributed by atoms with Crippen LogP contribution in [0.4, 0.5) is 11.8 Å². The number of sulfonamides is 1. The third-order valence-electron chi connectivity index (χ3n) is 5.13. The summed E-state index contributed by atoms with van der Waals surface area (Å²) in [5, 5.41) is 3.21. The van der Waals surface area contributed by atoms with Gasteiger partial charge in [0.1, 0.15) is 5.82 Å². The van der Waals surface area contributed by atoms with Crippen molar-refractivity contribution in [2.75, 3.05) is 42.9 Å². The van der Waals surface area contributed by atoms with Gasteiger partial charge in [0, 0.05) is 44.5 Å². The lowest BCUT2D eigenvalue weighted by molar-refractivity contribution is 0.382. The molecule has 28 heavy (non-hydrogen) atoms. The molecule has 1 fully saturated rings. The fourth-order valence-corrected chi connectivity index (χ4v) is 5.16. The zero-order valence-electron chi connectivity index (χ0n) is 17.3. The molecule has 1 aliphatic rings. The van der Waals surface area contributed by atoms with Gasteiger partial charge in [0.25, 0.3) is 0 Å². The number of hydrogen-bond acceptors (Lipinski definition) is 6. The number of piperazine rings is 1. The Hall–Kier alpha value is -2.19. The van der Waals surface area contributed by atoms with Gasteiger partial charge < -0.3 is 10.2 Å². The molecule has 0 bridgehead atoms. The molecule has 0 unspecified atom stereocenters. The molecule has 152 valence electrons. The standard InChI is InChI=1S/C20H29N5O2S/c1-6-21-19-13-17(5)22-20(23-19)24-7-9-25(10-8-24)28(26,27)18-12-15(3)14(2)11-16(18)4/h11-13H,6-10H2,1-5H3,(H,21,22,23). The monoisotopic (exact) mass is 403 g/mol. The molecule has 1 saturated heterocycles. The van der Waals surface area contributed by atoms with E-state index in [0.29, 0.717) is 37.0 Å². The van der Waals surface area contributed by atoms with Crippen LogP contribution < -0.4 is 10.2 Å². The number of rotatable bonds is 5. The van der Waals surface area contributed by atoms with E-state index in [1.807, 2.05) is 51.7 Å². The molecular weight excluding hydrogens is 374 g/mol. The summed E-state index contributed by atoms with van der Waals surface area (Å²) in [5.41, 5.74) is 3.78. The molecule has 8 heteroatoms. The highest BCUT2D eigenvalue weighted by Crippen LogP contribution is 2.25. The topological polar surface area (TPSA) is 78.4 Å². The van der Waals surface area contributed by atoms with Crippen LogP contribution in [0.3, 0.4) is 0 Å². The summed E-state index contributed by atoms with van der Waals surface area (Å²) in [7, 11) is -3.51. The Morgan fingerprint density at radius 1 is 0.929 bits per heavy atom. The van der Waals surface area contributed by atoms with Gasteiger partial charge >= 0.3 is 0 Å². The summed E-state index contributed by atoms with van der Waals surface area (Å²) in [4.78, 5) is 11.5. The number of nitrogens with one attached hydrogen (secondary N) is 1. The second-order valence-electron chi connectivity index (χ2n) is 7.32. The first-order valence-corrected chi connectivity index (χ1v) is 11.1. The normalized spacial score (nSPS) is 15.7. The van der Waals surface area contributed by atoms with Crippen molar-refractivity contribution in [1.82, 2.24) is 14.3 Å². The molecule has 2 heterocycles. The van der Waals surface area contributed by atoms with Gasteiger partial charge in [0.2, 0.25) is 16.0 Å². The summed E-state index contributed by atoms with van der Waals surface area (Å²) >= 11 is 0. The van der Waals surface area contributed by atoms with Gasteiger partial charge in [-0.3, -0.25) is 0 Å². The first-order chi connectivity index (χ1) is 13.2. The Morgan fingerprint density at radius 3 is 2.21 bits per heavy atom. The Kier molecular flexibility index (Phi) is 5.90. The zero-order valence-corrected chi connectivity index (χ0v) is 18.1. The van der Waals surface area contributed by atoms with Crippen molar-refractivity contribution in [2.45, 2.75) is 39.5 Å². The van der Waals surface area contributed by atoms with Gasteiger partial charge in [-0.2, -0.15) is 9.29 Å². The first-order valence-electron chi connectivity index (χ1n) is 9.65. The van der Waals surface area contributed by atoms with Crippen LogP contribution in [-0.2, 0) is 10.0 Å². The van der Waals surface area contributed by atoms with Gasteiger partial charge in [0.05, 0.1) is 4.90 Å². The minimum absolute atomic E-state index is 0.408. The van der Waals surface area contributed by atoms with Crippen LogP contribution in [0.15, 0.2) is 23.1 Å². The molecular formula is C20H29N5O2S. The lowest BCUT2D eigenvalue weighted by atomic mass is 10.1. The fraction of sp³-hybridized carbons (Fsp3) is 0.500. The SMILES string of the molecule is CCNc1cc(C)nc(N2CCN(S(=O)(=O)c3cc(C)c(C)cc3C)CC2)n1. The smallest absolute Gasteiger partial charge is 0.243 e. The third-order valence-corrected chi connectivity index (χ3v) is 7.17. The van der Waals surface area contributed by atoms with E-state index in [1.54, 1.807) is 10.4 Å². The van der Waals surface area contributed by atoms with Crippen LogP contribution in [0.5, 0.6) is 0 Å². The number of benzene rings is 1. The summed E-state index contributed by atoms with van der Waals surface area (Å²) in [6, 6.07) is 5.65. The van der Waals surface area contributed by atoms with Gasteiger partial charge in [-0.05, 0) is 57.4 Å².